The summed E-state index contributed by atoms with van der Waals surface area (Å²) in [5.74, 6) is 1.59. The Balaban J connectivity index is 1.84. The quantitative estimate of drug-likeness (QED) is 0.901. The molecule has 2 heterocycles. The Kier molecular flexibility index (Phi) is 3.81. The molecule has 0 saturated carbocycles. The summed E-state index contributed by atoms with van der Waals surface area (Å²) in [6.07, 6.45) is 5.07. The van der Waals surface area contributed by atoms with Gasteiger partial charge in [-0.1, -0.05) is 25.2 Å². The molecular weight excluding hydrogens is 254 g/mol. The lowest BCUT2D eigenvalue weighted by molar-refractivity contribution is 0.356. The first kappa shape index (κ1) is 13.4. The minimum absolute atomic E-state index is 0.537. The van der Waals surface area contributed by atoms with Crippen LogP contribution in [0.25, 0.3) is 0 Å². The van der Waals surface area contributed by atoms with Crippen LogP contribution in [0.15, 0.2) is 0 Å². The molecule has 3 unspecified atom stereocenters. The molecule has 0 spiro atoms. The number of thiazole rings is 1. The van der Waals surface area contributed by atoms with Gasteiger partial charge in [-0.25, -0.2) is 4.98 Å². The molecule has 1 fully saturated rings. The van der Waals surface area contributed by atoms with Gasteiger partial charge in [0.2, 0.25) is 0 Å². The second kappa shape index (κ2) is 5.41. The van der Waals surface area contributed by atoms with E-state index in [2.05, 4.69) is 31.1 Å². The molecule has 19 heavy (non-hydrogen) atoms. The fourth-order valence-corrected chi connectivity index (χ4v) is 4.91. The van der Waals surface area contributed by atoms with Crippen LogP contribution in [0.2, 0.25) is 0 Å². The fraction of sp³-hybridized carbons (Fsp3) is 0.800. The molecular formula is C15H25N3S. The maximum absolute atomic E-state index is 4.95. The first-order chi connectivity index (χ1) is 9.17. The van der Waals surface area contributed by atoms with Crippen molar-refractivity contribution in [1.29, 1.82) is 0 Å². The summed E-state index contributed by atoms with van der Waals surface area (Å²) < 4.78 is 0. The zero-order valence-electron chi connectivity index (χ0n) is 12.3. The van der Waals surface area contributed by atoms with E-state index in [-0.39, 0.29) is 0 Å². The number of anilines is 1. The first-order valence-corrected chi connectivity index (χ1v) is 8.40. The molecule has 0 aromatic carbocycles. The van der Waals surface area contributed by atoms with Crippen LogP contribution in [0.3, 0.4) is 0 Å². The Morgan fingerprint density at radius 2 is 2.00 bits per heavy atom. The highest BCUT2D eigenvalue weighted by molar-refractivity contribution is 7.15. The van der Waals surface area contributed by atoms with Crippen molar-refractivity contribution in [2.24, 2.45) is 11.8 Å². The van der Waals surface area contributed by atoms with Crippen molar-refractivity contribution in [3.05, 3.63) is 10.6 Å². The van der Waals surface area contributed by atoms with Crippen LogP contribution in [0.4, 0.5) is 5.13 Å². The van der Waals surface area contributed by atoms with Gasteiger partial charge in [0, 0.05) is 24.0 Å². The SMILES string of the molecule is CNC1CCCc2nc(N3CC(C)CC(C)C3)sc21. The zero-order chi connectivity index (χ0) is 13.4. The van der Waals surface area contributed by atoms with Gasteiger partial charge in [0.15, 0.2) is 5.13 Å². The van der Waals surface area contributed by atoms with Crippen molar-refractivity contribution in [3.8, 4) is 0 Å². The Hall–Kier alpha value is -0.610. The van der Waals surface area contributed by atoms with Crippen LogP contribution >= 0.6 is 11.3 Å². The molecule has 1 aromatic rings. The highest BCUT2D eigenvalue weighted by Crippen LogP contribution is 2.38. The normalized spacial score (nSPS) is 31.3. The Morgan fingerprint density at radius 1 is 1.26 bits per heavy atom. The van der Waals surface area contributed by atoms with Crippen LogP contribution in [-0.2, 0) is 6.42 Å². The van der Waals surface area contributed by atoms with E-state index in [4.69, 9.17) is 4.98 Å². The molecule has 2 aliphatic rings. The number of fused-ring (bicyclic) bond motifs is 1. The second-order valence-corrected chi connectivity index (χ2v) is 7.40. The molecule has 1 aromatic heterocycles. The van der Waals surface area contributed by atoms with Crippen LogP contribution < -0.4 is 10.2 Å². The van der Waals surface area contributed by atoms with Crippen molar-refractivity contribution in [1.82, 2.24) is 10.3 Å². The number of aryl methyl sites for hydroxylation is 1. The minimum atomic E-state index is 0.537. The number of nitrogens with one attached hydrogen (secondary N) is 1. The highest BCUT2D eigenvalue weighted by atomic mass is 32.1. The van der Waals surface area contributed by atoms with Gasteiger partial charge in [0.1, 0.15) is 0 Å². The maximum Gasteiger partial charge on any atom is 0.185 e. The summed E-state index contributed by atoms with van der Waals surface area (Å²) in [6.45, 7) is 7.10. The summed E-state index contributed by atoms with van der Waals surface area (Å²) >= 11 is 1.93. The Labute approximate surface area is 120 Å². The smallest absolute Gasteiger partial charge is 0.185 e. The third-order valence-corrected chi connectivity index (χ3v) is 5.70. The standard InChI is InChI=1S/C15H25N3S/c1-10-7-11(2)9-18(8-10)15-17-13-6-4-5-12(16-3)14(13)19-15/h10-12,16H,4-9H2,1-3H3. The van der Waals surface area contributed by atoms with Crippen molar-refractivity contribution in [3.63, 3.8) is 0 Å². The van der Waals surface area contributed by atoms with E-state index in [1.807, 2.05) is 11.3 Å². The Morgan fingerprint density at radius 3 is 2.68 bits per heavy atom. The second-order valence-electron chi connectivity index (χ2n) is 6.39. The summed E-state index contributed by atoms with van der Waals surface area (Å²) in [4.78, 5) is 8.96. The van der Waals surface area contributed by atoms with Crippen molar-refractivity contribution in [2.45, 2.75) is 45.6 Å². The van der Waals surface area contributed by atoms with Crippen molar-refractivity contribution < 1.29 is 0 Å². The van der Waals surface area contributed by atoms with Gasteiger partial charge < -0.3 is 10.2 Å². The number of hydrogen-bond acceptors (Lipinski definition) is 4. The minimum Gasteiger partial charge on any atom is -0.348 e. The maximum atomic E-state index is 4.95. The van der Waals surface area contributed by atoms with Crippen LogP contribution in [0.1, 0.15) is 49.7 Å². The number of hydrogen-bond donors (Lipinski definition) is 1. The fourth-order valence-electron chi connectivity index (χ4n) is 3.64. The molecule has 0 amide bonds. The van der Waals surface area contributed by atoms with Gasteiger partial charge in [-0.2, -0.15) is 0 Å². The summed E-state index contributed by atoms with van der Waals surface area (Å²) in [6, 6.07) is 0.537. The number of rotatable bonds is 2. The van der Waals surface area contributed by atoms with E-state index < -0.39 is 0 Å². The summed E-state index contributed by atoms with van der Waals surface area (Å²) in [7, 11) is 2.07. The van der Waals surface area contributed by atoms with Crippen LogP contribution in [-0.4, -0.2) is 25.1 Å². The monoisotopic (exact) mass is 279 g/mol. The molecule has 1 N–H and O–H groups in total. The topological polar surface area (TPSA) is 28.2 Å². The molecule has 3 nitrogen and oxygen atoms in total. The average Bonchev–Trinajstić information content (AvgIpc) is 2.81. The first-order valence-electron chi connectivity index (χ1n) is 7.59. The van der Waals surface area contributed by atoms with E-state index >= 15 is 0 Å². The number of piperidine rings is 1. The lowest BCUT2D eigenvalue weighted by Gasteiger charge is -2.34. The third-order valence-electron chi connectivity index (χ3n) is 4.43. The number of nitrogens with zero attached hydrogens (tertiary/aromatic N) is 2. The lowest BCUT2D eigenvalue weighted by Crippen LogP contribution is -2.38. The third kappa shape index (κ3) is 2.65. The zero-order valence-corrected chi connectivity index (χ0v) is 13.1. The average molecular weight is 279 g/mol. The van der Waals surface area contributed by atoms with Gasteiger partial charge in [-0.3, -0.25) is 0 Å². The molecule has 1 aliphatic heterocycles. The van der Waals surface area contributed by atoms with E-state index in [0.29, 0.717) is 6.04 Å². The van der Waals surface area contributed by atoms with E-state index in [1.165, 1.54) is 54.5 Å². The molecule has 1 aliphatic carbocycles. The summed E-state index contributed by atoms with van der Waals surface area (Å²) in [5.41, 5.74) is 1.36. The molecule has 3 atom stereocenters. The van der Waals surface area contributed by atoms with Gasteiger partial charge in [0.25, 0.3) is 0 Å². The lowest BCUT2D eigenvalue weighted by atomic mass is 9.92. The molecule has 1 saturated heterocycles. The molecule has 106 valence electrons. The highest BCUT2D eigenvalue weighted by Gasteiger charge is 2.28. The van der Waals surface area contributed by atoms with Crippen molar-refractivity contribution >= 4 is 16.5 Å². The predicted octanol–water partition coefficient (Wildman–Crippen LogP) is 3.22. The Bertz CT molecular complexity index is 433. The van der Waals surface area contributed by atoms with Crippen molar-refractivity contribution in [2.75, 3.05) is 25.0 Å². The van der Waals surface area contributed by atoms with E-state index in [1.54, 1.807) is 0 Å². The van der Waals surface area contributed by atoms with Gasteiger partial charge in [-0.05, 0) is 44.6 Å². The molecule has 0 radical (unpaired) electrons. The molecule has 4 heteroatoms. The predicted molar refractivity (Wildman–Crippen MR) is 82.0 cm³/mol. The molecule has 0 bridgehead atoms. The largest absolute Gasteiger partial charge is 0.348 e. The van der Waals surface area contributed by atoms with Crippen LogP contribution in [0, 0.1) is 11.8 Å². The van der Waals surface area contributed by atoms with E-state index in [9.17, 15) is 0 Å². The molecule has 3 rings (SSSR count). The van der Waals surface area contributed by atoms with Gasteiger partial charge in [-0.15, -0.1) is 0 Å². The summed E-state index contributed by atoms with van der Waals surface area (Å²) in [5, 5.41) is 4.71. The van der Waals surface area contributed by atoms with Crippen LogP contribution in [0.5, 0.6) is 0 Å². The number of aromatic nitrogens is 1. The van der Waals surface area contributed by atoms with E-state index in [0.717, 1.165) is 11.8 Å². The van der Waals surface area contributed by atoms with Gasteiger partial charge in [0.05, 0.1) is 5.69 Å². The van der Waals surface area contributed by atoms with Gasteiger partial charge >= 0.3 is 0 Å².